The summed E-state index contributed by atoms with van der Waals surface area (Å²) in [5, 5.41) is 17.2. The maximum absolute atomic E-state index is 11.7. The van der Waals surface area contributed by atoms with Gasteiger partial charge in [-0.05, 0) is 39.0 Å². The molecule has 0 heterocycles. The van der Waals surface area contributed by atoms with Crippen LogP contribution >= 0.6 is 0 Å². The number of rotatable bonds is 7. The van der Waals surface area contributed by atoms with Gasteiger partial charge in [0.1, 0.15) is 0 Å². The monoisotopic (exact) mass is 313 g/mol. The molecule has 1 rings (SSSR count). The maximum Gasteiger partial charge on any atom is 0.315 e. The zero-order valence-electron chi connectivity index (χ0n) is 13.4. The van der Waals surface area contributed by atoms with Crippen molar-refractivity contribution in [2.24, 2.45) is 5.92 Å². The zero-order valence-corrected chi connectivity index (χ0v) is 13.4. The number of hydrogen-bond donors (Lipinski definition) is 4. The third kappa shape index (κ3) is 6.78. The van der Waals surface area contributed by atoms with Gasteiger partial charge < -0.3 is 21.1 Å². The Morgan fingerprint density at radius 1 is 1.18 bits per heavy atom. The first-order chi connectivity index (χ1) is 10.4. The normalized spacial score (nSPS) is 22.5. The Labute approximate surface area is 131 Å². The van der Waals surface area contributed by atoms with Crippen molar-refractivity contribution in [2.75, 3.05) is 6.54 Å². The highest BCUT2D eigenvalue weighted by molar-refractivity contribution is 5.78. The molecule has 1 unspecified atom stereocenters. The Balaban J connectivity index is 2.14. The number of nitrogens with one attached hydrogen (secondary N) is 3. The third-order valence-electron chi connectivity index (χ3n) is 4.07. The molecule has 0 saturated heterocycles. The molecule has 22 heavy (non-hydrogen) atoms. The van der Waals surface area contributed by atoms with E-state index in [4.69, 9.17) is 5.11 Å². The largest absolute Gasteiger partial charge is 0.481 e. The number of carbonyl (C=O) groups is 3. The molecule has 3 amide bonds. The van der Waals surface area contributed by atoms with E-state index in [2.05, 4.69) is 16.0 Å². The number of carboxylic acid groups (broad SMARTS) is 1. The van der Waals surface area contributed by atoms with Crippen LogP contribution in [0.15, 0.2) is 0 Å². The van der Waals surface area contributed by atoms with E-state index in [0.29, 0.717) is 32.2 Å². The minimum atomic E-state index is -0.754. The fourth-order valence-corrected chi connectivity index (χ4v) is 2.46. The van der Waals surface area contributed by atoms with Crippen LogP contribution in [0.3, 0.4) is 0 Å². The third-order valence-corrected chi connectivity index (χ3v) is 4.07. The van der Waals surface area contributed by atoms with Crippen LogP contribution in [0.5, 0.6) is 0 Å². The lowest BCUT2D eigenvalue weighted by Crippen LogP contribution is -2.45. The number of carboxylic acids is 1. The van der Waals surface area contributed by atoms with Crippen LogP contribution in [-0.4, -0.2) is 41.6 Å². The second-order valence-corrected chi connectivity index (χ2v) is 5.91. The minimum Gasteiger partial charge on any atom is -0.481 e. The zero-order chi connectivity index (χ0) is 16.5. The molecule has 7 nitrogen and oxygen atoms in total. The summed E-state index contributed by atoms with van der Waals surface area (Å²) in [6.07, 6.45) is 3.68. The summed E-state index contributed by atoms with van der Waals surface area (Å²) in [6.45, 7) is 4.22. The van der Waals surface area contributed by atoms with Gasteiger partial charge in [-0.25, -0.2) is 4.79 Å². The molecule has 126 valence electrons. The smallest absolute Gasteiger partial charge is 0.315 e. The molecule has 1 atom stereocenters. The molecule has 4 N–H and O–H groups in total. The molecule has 0 aromatic heterocycles. The molecular weight excluding hydrogens is 286 g/mol. The first-order valence-electron chi connectivity index (χ1n) is 7.98. The van der Waals surface area contributed by atoms with E-state index in [0.717, 1.165) is 6.42 Å². The predicted octanol–water partition coefficient (Wildman–Crippen LogP) is 1.23. The number of hydrogen-bond acceptors (Lipinski definition) is 3. The van der Waals surface area contributed by atoms with Crippen molar-refractivity contribution in [3.8, 4) is 0 Å². The van der Waals surface area contributed by atoms with Crippen molar-refractivity contribution in [3.05, 3.63) is 0 Å². The number of carbonyl (C=O) groups excluding carboxylic acids is 2. The van der Waals surface area contributed by atoms with Gasteiger partial charge in [0.2, 0.25) is 5.91 Å². The van der Waals surface area contributed by atoms with Crippen LogP contribution in [0, 0.1) is 5.92 Å². The highest BCUT2D eigenvalue weighted by Crippen LogP contribution is 2.24. The summed E-state index contributed by atoms with van der Waals surface area (Å²) in [7, 11) is 0. The van der Waals surface area contributed by atoms with Gasteiger partial charge in [-0.2, -0.15) is 0 Å². The molecule has 1 saturated carbocycles. The lowest BCUT2D eigenvalue weighted by molar-refractivity contribution is -0.142. The first-order valence-corrected chi connectivity index (χ1v) is 7.98. The number of urea groups is 1. The summed E-state index contributed by atoms with van der Waals surface area (Å²) >= 11 is 0. The van der Waals surface area contributed by atoms with Crippen LogP contribution < -0.4 is 16.0 Å². The van der Waals surface area contributed by atoms with Crippen LogP contribution in [0.4, 0.5) is 4.79 Å². The van der Waals surface area contributed by atoms with Gasteiger partial charge in [0.15, 0.2) is 0 Å². The first kappa shape index (κ1) is 18.3. The molecule has 0 aromatic rings. The van der Waals surface area contributed by atoms with Crippen LogP contribution in [0.1, 0.15) is 52.4 Å². The Hall–Kier alpha value is -1.79. The van der Waals surface area contributed by atoms with Gasteiger partial charge in [-0.3, -0.25) is 9.59 Å². The van der Waals surface area contributed by atoms with Crippen molar-refractivity contribution in [2.45, 2.75) is 64.5 Å². The van der Waals surface area contributed by atoms with E-state index in [1.54, 1.807) is 0 Å². The van der Waals surface area contributed by atoms with Crippen molar-refractivity contribution in [1.82, 2.24) is 16.0 Å². The standard InChI is InChI=1S/C15H27N3O4/c1-3-10(2)17-13(19)8-9-16-15(22)18-12-6-4-11(5-7-12)14(20)21/h10-12H,3-9H2,1-2H3,(H,17,19)(H,20,21)(H2,16,18,22). The molecular formula is C15H27N3O4. The second-order valence-electron chi connectivity index (χ2n) is 5.91. The molecule has 1 aliphatic rings. The van der Waals surface area contributed by atoms with E-state index in [-0.39, 0.29) is 36.4 Å². The quantitative estimate of drug-likeness (QED) is 0.567. The highest BCUT2D eigenvalue weighted by atomic mass is 16.4. The van der Waals surface area contributed by atoms with E-state index in [1.165, 1.54) is 0 Å². The summed E-state index contributed by atoms with van der Waals surface area (Å²) in [5.41, 5.74) is 0. The van der Waals surface area contributed by atoms with Gasteiger partial charge >= 0.3 is 12.0 Å². The fourth-order valence-electron chi connectivity index (χ4n) is 2.46. The Bertz CT molecular complexity index is 392. The van der Waals surface area contributed by atoms with Crippen molar-refractivity contribution >= 4 is 17.9 Å². The second kappa shape index (κ2) is 9.27. The molecule has 1 aliphatic carbocycles. The van der Waals surface area contributed by atoms with Gasteiger partial charge in [-0.1, -0.05) is 6.92 Å². The molecule has 0 bridgehead atoms. The van der Waals surface area contributed by atoms with E-state index < -0.39 is 5.97 Å². The highest BCUT2D eigenvalue weighted by Gasteiger charge is 2.26. The summed E-state index contributed by atoms with van der Waals surface area (Å²) in [4.78, 5) is 34.1. The van der Waals surface area contributed by atoms with E-state index in [9.17, 15) is 14.4 Å². The number of aliphatic carboxylic acids is 1. The van der Waals surface area contributed by atoms with Crippen molar-refractivity contribution in [1.29, 1.82) is 0 Å². The summed E-state index contributed by atoms with van der Waals surface area (Å²) in [6, 6.07) is -0.134. The maximum atomic E-state index is 11.7. The van der Waals surface area contributed by atoms with Gasteiger partial charge in [0.05, 0.1) is 5.92 Å². The Kier molecular flexibility index (Phi) is 7.70. The fraction of sp³-hybridized carbons (Fsp3) is 0.800. The van der Waals surface area contributed by atoms with Crippen molar-refractivity contribution in [3.63, 3.8) is 0 Å². The Morgan fingerprint density at radius 2 is 1.82 bits per heavy atom. The van der Waals surface area contributed by atoms with Crippen LogP contribution in [-0.2, 0) is 9.59 Å². The average Bonchev–Trinajstić information content (AvgIpc) is 2.47. The van der Waals surface area contributed by atoms with Gasteiger partial charge in [0.25, 0.3) is 0 Å². The van der Waals surface area contributed by atoms with Crippen molar-refractivity contribution < 1.29 is 19.5 Å². The SMILES string of the molecule is CCC(C)NC(=O)CCNC(=O)NC1CCC(C(=O)O)CC1. The molecule has 0 radical (unpaired) electrons. The molecule has 1 fully saturated rings. The Morgan fingerprint density at radius 3 is 2.36 bits per heavy atom. The topological polar surface area (TPSA) is 108 Å². The van der Waals surface area contributed by atoms with E-state index in [1.807, 2.05) is 13.8 Å². The predicted molar refractivity (Wildman–Crippen MR) is 82.4 cm³/mol. The summed E-state index contributed by atoms with van der Waals surface area (Å²) in [5.74, 6) is -1.11. The van der Waals surface area contributed by atoms with E-state index >= 15 is 0 Å². The number of amides is 3. The lowest BCUT2D eigenvalue weighted by atomic mass is 9.86. The summed E-state index contributed by atoms with van der Waals surface area (Å²) < 4.78 is 0. The molecule has 0 spiro atoms. The van der Waals surface area contributed by atoms with Crippen LogP contribution in [0.25, 0.3) is 0 Å². The van der Waals surface area contributed by atoms with Gasteiger partial charge in [-0.15, -0.1) is 0 Å². The minimum absolute atomic E-state index is 0.0181. The molecule has 0 aromatic carbocycles. The molecule has 7 heteroatoms. The molecule has 0 aliphatic heterocycles. The average molecular weight is 313 g/mol. The van der Waals surface area contributed by atoms with Crippen LogP contribution in [0.2, 0.25) is 0 Å². The van der Waals surface area contributed by atoms with Gasteiger partial charge in [0, 0.05) is 25.0 Å². The lowest BCUT2D eigenvalue weighted by Gasteiger charge is -2.26.